The Kier molecular flexibility index (Phi) is 2.13. The molecule has 0 aliphatic rings. The average molecular weight is 573 g/mol. The molecule has 1 aromatic heterocycles. The van der Waals surface area contributed by atoms with Crippen LogP contribution in [0.1, 0.15) is 35.6 Å². The Hall–Kier alpha value is -5.66. The summed E-state index contributed by atoms with van der Waals surface area (Å²) >= 11 is 0. The molecular formula is C42H26O. The molecule has 1 nitrogen and oxygen atoms in total. The van der Waals surface area contributed by atoms with E-state index >= 15 is 0 Å². The van der Waals surface area contributed by atoms with Gasteiger partial charge in [0, 0.05) is 10.8 Å². The summed E-state index contributed by atoms with van der Waals surface area (Å²) in [6, 6.07) is -23.6. The highest BCUT2D eigenvalue weighted by Crippen LogP contribution is 2.45. The van der Waals surface area contributed by atoms with Crippen LogP contribution in [0, 0.1) is 0 Å². The topological polar surface area (TPSA) is 13.1 Å². The van der Waals surface area contributed by atoms with E-state index in [2.05, 4.69) is 0 Å². The van der Waals surface area contributed by atoms with Crippen LogP contribution in [0.15, 0.2) is 162 Å². The lowest BCUT2D eigenvalue weighted by atomic mass is 9.84. The molecule has 0 atom stereocenters. The van der Waals surface area contributed by atoms with Crippen molar-refractivity contribution in [3.8, 4) is 33.4 Å². The second kappa shape index (κ2) is 9.44. The first-order valence-corrected chi connectivity index (χ1v) is 12.7. The third-order valence-electron chi connectivity index (χ3n) is 6.89. The van der Waals surface area contributed by atoms with Crippen molar-refractivity contribution in [3.63, 3.8) is 0 Å². The van der Waals surface area contributed by atoms with Gasteiger partial charge in [-0.1, -0.05) is 127 Å². The Balaban J connectivity index is 1.65. The van der Waals surface area contributed by atoms with Gasteiger partial charge >= 0.3 is 0 Å². The van der Waals surface area contributed by atoms with Gasteiger partial charge in [0.05, 0.1) is 35.6 Å². The smallest absolute Gasteiger partial charge is 0.136 e. The Morgan fingerprint density at radius 3 is 1.72 bits per heavy atom. The summed E-state index contributed by atoms with van der Waals surface area (Å²) in [6.45, 7) is 0. The van der Waals surface area contributed by atoms with Crippen LogP contribution >= 0.6 is 0 Å². The van der Waals surface area contributed by atoms with E-state index < -0.39 is 239 Å². The lowest BCUT2D eigenvalue weighted by Gasteiger charge is -2.19. The molecule has 200 valence electrons. The number of hydrogen-bond acceptors (Lipinski definition) is 1. The number of furan rings is 1. The van der Waals surface area contributed by atoms with Gasteiger partial charge in [-0.15, -0.1) is 0 Å². The molecule has 0 bridgehead atoms. The molecule has 1 heterocycles. The number of para-hydroxylation sites is 1. The standard InChI is InChI=1S/C42H26O/c1-2-11-28(12-3-1)41-35-15-6-7-16-36(35)42(32-21-22-34-33-14-8-9-17-39(33)43-40(34)26-32)37-23-20-31(25-38(37)41)30-19-18-27-10-4-5-13-29(27)24-30/h1-26H/i1D,2D,3D,4D,5D,6D,7D,8D,9D,10D,11D,12D,13D,14D,15D,16D,17D,18D,19D,20D,21D,22D,23D,24D,25D,26D. The maximum atomic E-state index is 9.98. The fraction of sp³-hybridized carbons (Fsp3) is 0. The van der Waals surface area contributed by atoms with Crippen molar-refractivity contribution in [3.05, 3.63) is 157 Å². The first-order valence-electron chi connectivity index (χ1n) is 25.7. The Morgan fingerprint density at radius 1 is 0.326 bits per heavy atom. The van der Waals surface area contributed by atoms with Crippen molar-refractivity contribution in [1.82, 2.24) is 0 Å². The van der Waals surface area contributed by atoms with E-state index in [0.29, 0.717) is 0 Å². The molecule has 0 saturated heterocycles. The predicted octanol–water partition coefficient (Wildman–Crippen LogP) is 12.0. The van der Waals surface area contributed by atoms with Gasteiger partial charge in [-0.3, -0.25) is 0 Å². The highest BCUT2D eigenvalue weighted by molar-refractivity contribution is 6.22. The van der Waals surface area contributed by atoms with Gasteiger partial charge in [-0.05, 0) is 95.9 Å². The van der Waals surface area contributed by atoms with E-state index in [0.717, 1.165) is 0 Å². The van der Waals surface area contributed by atoms with Crippen molar-refractivity contribution in [2.45, 2.75) is 0 Å². The Morgan fingerprint density at radius 2 is 0.884 bits per heavy atom. The molecular weight excluding hydrogens is 520 g/mol. The van der Waals surface area contributed by atoms with Crippen LogP contribution in [-0.4, -0.2) is 0 Å². The van der Waals surface area contributed by atoms with Crippen molar-refractivity contribution >= 4 is 54.3 Å². The first-order chi connectivity index (χ1) is 32.2. The van der Waals surface area contributed by atoms with Crippen LogP contribution in [0.4, 0.5) is 0 Å². The molecule has 8 aromatic carbocycles. The normalized spacial score (nSPS) is 20.2. The Bertz CT molecular complexity index is 3940. The minimum absolute atomic E-state index is 0.387. The summed E-state index contributed by atoms with van der Waals surface area (Å²) in [5, 5.41) is -5.02. The maximum absolute atomic E-state index is 9.98. The highest BCUT2D eigenvalue weighted by atomic mass is 16.3. The molecule has 0 unspecified atom stereocenters. The van der Waals surface area contributed by atoms with Crippen LogP contribution in [-0.2, 0) is 0 Å². The number of hydrogen-bond donors (Lipinski definition) is 0. The molecule has 9 rings (SSSR count). The fourth-order valence-electron chi connectivity index (χ4n) is 5.05. The van der Waals surface area contributed by atoms with Crippen LogP contribution in [0.5, 0.6) is 0 Å². The second-order valence-corrected chi connectivity index (χ2v) is 9.26. The minimum Gasteiger partial charge on any atom is -0.456 e. The van der Waals surface area contributed by atoms with E-state index in [4.69, 9.17) is 27.7 Å². The van der Waals surface area contributed by atoms with Gasteiger partial charge in [-0.25, -0.2) is 0 Å². The zero-order valence-electron chi connectivity index (χ0n) is 47.4. The number of benzene rings is 8. The van der Waals surface area contributed by atoms with Gasteiger partial charge < -0.3 is 4.42 Å². The van der Waals surface area contributed by atoms with Crippen molar-refractivity contribution in [1.29, 1.82) is 0 Å². The van der Waals surface area contributed by atoms with Gasteiger partial charge in [0.15, 0.2) is 0 Å². The second-order valence-electron chi connectivity index (χ2n) is 9.26. The molecule has 0 saturated carbocycles. The maximum Gasteiger partial charge on any atom is 0.136 e. The summed E-state index contributed by atoms with van der Waals surface area (Å²) in [4.78, 5) is 0. The summed E-state index contributed by atoms with van der Waals surface area (Å²) in [5.41, 5.74) is -5.90. The van der Waals surface area contributed by atoms with Gasteiger partial charge in [0.25, 0.3) is 0 Å². The monoisotopic (exact) mass is 572 g/mol. The molecule has 0 radical (unpaired) electrons. The van der Waals surface area contributed by atoms with Crippen LogP contribution < -0.4 is 0 Å². The highest BCUT2D eigenvalue weighted by Gasteiger charge is 2.18. The van der Waals surface area contributed by atoms with E-state index in [1.54, 1.807) is 0 Å². The molecule has 1 heteroatoms. The average Bonchev–Trinajstić information content (AvgIpc) is 3.73. The van der Waals surface area contributed by atoms with E-state index in [-0.39, 0.29) is 5.39 Å². The molecule has 0 spiro atoms. The molecule has 0 N–H and O–H groups in total. The van der Waals surface area contributed by atoms with E-state index in [9.17, 15) is 12.3 Å². The number of fused-ring (bicyclic) bond motifs is 6. The summed E-state index contributed by atoms with van der Waals surface area (Å²) < 4.78 is 238. The fourth-order valence-corrected chi connectivity index (χ4v) is 5.05. The zero-order valence-corrected chi connectivity index (χ0v) is 21.4. The number of rotatable bonds is 3. The first kappa shape index (κ1) is 9.69. The summed E-state index contributed by atoms with van der Waals surface area (Å²) in [5.74, 6) is 0. The third kappa shape index (κ3) is 3.79. The third-order valence-corrected chi connectivity index (χ3v) is 6.89. The van der Waals surface area contributed by atoms with E-state index in [1.807, 2.05) is 0 Å². The summed E-state index contributed by atoms with van der Waals surface area (Å²) in [6.07, 6.45) is 0. The molecule has 0 aliphatic heterocycles. The van der Waals surface area contributed by atoms with Gasteiger partial charge in [-0.2, -0.15) is 0 Å². The quantitative estimate of drug-likeness (QED) is 0.192. The van der Waals surface area contributed by atoms with E-state index in [1.165, 1.54) is 0 Å². The predicted molar refractivity (Wildman–Crippen MR) is 183 cm³/mol. The summed E-state index contributed by atoms with van der Waals surface area (Å²) in [7, 11) is 0. The largest absolute Gasteiger partial charge is 0.456 e. The molecule has 43 heavy (non-hydrogen) atoms. The van der Waals surface area contributed by atoms with Crippen molar-refractivity contribution in [2.75, 3.05) is 0 Å². The zero-order chi connectivity index (χ0) is 51.0. The Labute approximate surface area is 285 Å². The molecule has 0 fully saturated rings. The molecule has 0 aliphatic carbocycles. The van der Waals surface area contributed by atoms with Crippen molar-refractivity contribution in [2.24, 2.45) is 0 Å². The lowest BCUT2D eigenvalue weighted by molar-refractivity contribution is 0.669. The van der Waals surface area contributed by atoms with Crippen LogP contribution in [0.2, 0.25) is 0 Å². The minimum atomic E-state index is -1.07. The molecule has 0 amide bonds. The van der Waals surface area contributed by atoms with Crippen LogP contribution in [0.3, 0.4) is 0 Å². The van der Waals surface area contributed by atoms with Gasteiger partial charge in [0.2, 0.25) is 0 Å². The SMILES string of the molecule is [2H]c1c([2H])c([2H])c(-c2c3c([2H])c([2H])c([2H])c([2H])c3c(-c3c([2H])c([2H])c4c(oc5c([2H])c([2H])c([2H])c([2H])c54)c3[2H])c3c([2H])c([2H])c(-c4c([2H])c([2H])c5c([2H])c([2H])c([2H])c([2H])c5c4[2H])c([2H])c23)c([2H])c1[2H]. The van der Waals surface area contributed by atoms with Crippen molar-refractivity contribution < 1.29 is 40.1 Å². The van der Waals surface area contributed by atoms with Crippen LogP contribution in [0.25, 0.3) is 87.6 Å². The lowest BCUT2D eigenvalue weighted by Crippen LogP contribution is -1.91. The van der Waals surface area contributed by atoms with Gasteiger partial charge in [0.1, 0.15) is 11.2 Å². The molecule has 9 aromatic rings.